The molecule has 6 nitrogen and oxygen atoms in total. The van der Waals surface area contributed by atoms with Crippen LogP contribution in [-0.4, -0.2) is 16.6 Å². The van der Waals surface area contributed by atoms with E-state index in [0.29, 0.717) is 17.2 Å². The summed E-state index contributed by atoms with van der Waals surface area (Å²) in [6, 6.07) is 11.6. The first kappa shape index (κ1) is 15.8. The number of nitrogens with two attached hydrogens (primary N) is 1. The zero-order chi connectivity index (χ0) is 16.1. The Bertz CT molecular complexity index is 732. The first-order chi connectivity index (χ1) is 10.5. The van der Waals surface area contributed by atoms with Crippen molar-refractivity contribution in [2.24, 2.45) is 10.7 Å². The van der Waals surface area contributed by atoms with Crippen LogP contribution in [0.4, 0.5) is 11.4 Å². The van der Waals surface area contributed by atoms with Crippen LogP contribution in [0.3, 0.4) is 0 Å². The summed E-state index contributed by atoms with van der Waals surface area (Å²) in [5, 5.41) is 11.0. The average molecular weight is 320 g/mol. The predicted octanol–water partition coefficient (Wildman–Crippen LogP) is 3.92. The van der Waals surface area contributed by atoms with Gasteiger partial charge in [0.25, 0.3) is 5.69 Å². The van der Waals surface area contributed by atoms with Gasteiger partial charge in [-0.25, -0.2) is 4.99 Å². The molecule has 0 bridgehead atoms. The Kier molecular flexibility index (Phi) is 4.95. The average Bonchev–Trinajstić information content (AvgIpc) is 2.49. The van der Waals surface area contributed by atoms with E-state index < -0.39 is 4.92 Å². The minimum Gasteiger partial charge on any atom is -0.457 e. The van der Waals surface area contributed by atoms with Crippen molar-refractivity contribution in [2.45, 2.75) is 6.92 Å². The van der Waals surface area contributed by atoms with Crippen molar-refractivity contribution in [3.05, 3.63) is 58.1 Å². The Morgan fingerprint density at radius 2 is 2.09 bits per heavy atom. The Morgan fingerprint density at radius 1 is 1.36 bits per heavy atom. The molecule has 0 aromatic heterocycles. The highest BCUT2D eigenvalue weighted by Gasteiger charge is 2.12. The molecule has 0 aliphatic heterocycles. The van der Waals surface area contributed by atoms with E-state index in [2.05, 4.69) is 4.99 Å². The third-order valence-electron chi connectivity index (χ3n) is 2.82. The number of alkyl halides is 1. The summed E-state index contributed by atoms with van der Waals surface area (Å²) >= 11 is 5.57. The van der Waals surface area contributed by atoms with Gasteiger partial charge in [-0.05, 0) is 18.6 Å². The molecule has 114 valence electrons. The van der Waals surface area contributed by atoms with Crippen molar-refractivity contribution < 1.29 is 9.66 Å². The van der Waals surface area contributed by atoms with Gasteiger partial charge in [-0.2, -0.15) is 0 Å². The lowest BCUT2D eigenvalue weighted by atomic mass is 10.2. The molecule has 2 aromatic rings. The van der Waals surface area contributed by atoms with Gasteiger partial charge in [0.2, 0.25) is 0 Å². The molecule has 0 amide bonds. The molecule has 0 spiro atoms. The van der Waals surface area contributed by atoms with Crippen LogP contribution in [0.25, 0.3) is 0 Å². The van der Waals surface area contributed by atoms with Gasteiger partial charge in [0, 0.05) is 12.1 Å². The fourth-order valence-corrected chi connectivity index (χ4v) is 1.85. The number of nitro benzene ring substituents is 1. The number of non-ortho nitro benzene ring substituents is 1. The van der Waals surface area contributed by atoms with Gasteiger partial charge in [0.05, 0.1) is 22.6 Å². The van der Waals surface area contributed by atoms with Crippen LogP contribution in [0.15, 0.2) is 47.5 Å². The first-order valence-electron chi connectivity index (χ1n) is 6.41. The summed E-state index contributed by atoms with van der Waals surface area (Å²) in [5.41, 5.74) is 6.66. The Morgan fingerprint density at radius 3 is 2.73 bits per heavy atom. The van der Waals surface area contributed by atoms with Crippen LogP contribution in [0.5, 0.6) is 11.5 Å². The number of hydrogen-bond acceptors (Lipinski definition) is 4. The van der Waals surface area contributed by atoms with Crippen molar-refractivity contribution in [1.82, 2.24) is 0 Å². The maximum absolute atomic E-state index is 11.0. The monoisotopic (exact) mass is 319 g/mol. The molecule has 0 saturated carbocycles. The highest BCUT2D eigenvalue weighted by Crippen LogP contribution is 2.32. The molecule has 0 atom stereocenters. The molecule has 0 saturated heterocycles. The molecule has 2 aromatic carbocycles. The fourth-order valence-electron chi connectivity index (χ4n) is 1.79. The predicted molar refractivity (Wildman–Crippen MR) is 86.4 cm³/mol. The quantitative estimate of drug-likeness (QED) is 0.297. The van der Waals surface area contributed by atoms with E-state index in [1.807, 2.05) is 25.1 Å². The molecule has 0 fully saturated rings. The third-order valence-corrected chi connectivity index (χ3v) is 3.09. The van der Waals surface area contributed by atoms with E-state index in [1.54, 1.807) is 12.1 Å². The van der Waals surface area contributed by atoms with Gasteiger partial charge in [-0.1, -0.05) is 18.2 Å². The molecule has 0 heterocycles. The van der Waals surface area contributed by atoms with Crippen LogP contribution >= 0.6 is 11.6 Å². The van der Waals surface area contributed by atoms with Crippen molar-refractivity contribution >= 4 is 28.8 Å². The maximum atomic E-state index is 11.0. The van der Waals surface area contributed by atoms with Crippen LogP contribution in [0.2, 0.25) is 0 Å². The maximum Gasteiger partial charge on any atom is 0.275 e. The Balaban J connectivity index is 2.42. The number of nitrogens with zero attached hydrogens (tertiary/aromatic N) is 2. The summed E-state index contributed by atoms with van der Waals surface area (Å²) in [7, 11) is 0. The minimum absolute atomic E-state index is 0.0384. The van der Waals surface area contributed by atoms with Crippen LogP contribution in [0, 0.1) is 17.0 Å². The van der Waals surface area contributed by atoms with Gasteiger partial charge in [0.1, 0.15) is 17.3 Å². The van der Waals surface area contributed by atoms with Gasteiger partial charge in [-0.3, -0.25) is 10.1 Å². The van der Waals surface area contributed by atoms with Gasteiger partial charge in [-0.15, -0.1) is 11.6 Å². The molecule has 0 unspecified atom stereocenters. The second kappa shape index (κ2) is 6.91. The molecule has 2 N–H and O–H groups in total. The highest BCUT2D eigenvalue weighted by atomic mass is 35.5. The standard InChI is InChI=1S/C15H14ClN3O3/c1-10-4-2-3-5-14(10)22-13-7-11(18-15(17)9-16)6-12(8-13)19(20)21/h2-8H,9H2,1H3,(H2,17,18). The number of aryl methyl sites for hydroxylation is 1. The Hall–Kier alpha value is -2.60. The van der Waals surface area contributed by atoms with Crippen LogP contribution in [-0.2, 0) is 0 Å². The van der Waals surface area contributed by atoms with Crippen LogP contribution in [0.1, 0.15) is 5.56 Å². The lowest BCUT2D eigenvalue weighted by Crippen LogP contribution is -2.12. The summed E-state index contributed by atoms with van der Waals surface area (Å²) in [4.78, 5) is 14.5. The number of nitro groups is 1. The second-order valence-corrected chi connectivity index (χ2v) is 4.81. The number of para-hydroxylation sites is 1. The number of rotatable bonds is 5. The van der Waals surface area contributed by atoms with E-state index in [1.165, 1.54) is 12.1 Å². The normalized spacial score (nSPS) is 11.3. The molecule has 0 radical (unpaired) electrons. The molecular weight excluding hydrogens is 306 g/mol. The van der Waals surface area contributed by atoms with Gasteiger partial charge >= 0.3 is 0 Å². The van der Waals surface area contributed by atoms with Crippen molar-refractivity contribution in [3.8, 4) is 11.5 Å². The number of amidine groups is 1. The van der Waals surface area contributed by atoms with Crippen molar-refractivity contribution in [3.63, 3.8) is 0 Å². The first-order valence-corrected chi connectivity index (χ1v) is 6.95. The van der Waals surface area contributed by atoms with E-state index >= 15 is 0 Å². The van der Waals surface area contributed by atoms with E-state index in [4.69, 9.17) is 22.1 Å². The molecule has 0 aliphatic carbocycles. The fraction of sp³-hybridized carbons (Fsp3) is 0.133. The molecule has 2 rings (SSSR count). The zero-order valence-corrected chi connectivity index (χ0v) is 12.6. The highest BCUT2D eigenvalue weighted by molar-refractivity contribution is 6.28. The van der Waals surface area contributed by atoms with E-state index in [-0.39, 0.29) is 17.4 Å². The number of ether oxygens (including phenoxy) is 1. The summed E-state index contributed by atoms with van der Waals surface area (Å²) in [6.45, 7) is 1.89. The van der Waals surface area contributed by atoms with Crippen molar-refractivity contribution in [2.75, 3.05) is 5.88 Å². The molecule has 7 heteroatoms. The van der Waals surface area contributed by atoms with E-state index in [0.717, 1.165) is 5.56 Å². The summed E-state index contributed by atoms with van der Waals surface area (Å²) in [6.07, 6.45) is 0. The molecule has 22 heavy (non-hydrogen) atoms. The largest absolute Gasteiger partial charge is 0.457 e. The second-order valence-electron chi connectivity index (χ2n) is 4.55. The van der Waals surface area contributed by atoms with Crippen molar-refractivity contribution in [1.29, 1.82) is 0 Å². The number of halogens is 1. The van der Waals surface area contributed by atoms with Gasteiger partial charge < -0.3 is 10.5 Å². The van der Waals surface area contributed by atoms with E-state index in [9.17, 15) is 10.1 Å². The van der Waals surface area contributed by atoms with Gasteiger partial charge in [0.15, 0.2) is 0 Å². The molecular formula is C15H14ClN3O3. The van der Waals surface area contributed by atoms with Crippen LogP contribution < -0.4 is 10.5 Å². The number of hydrogen-bond donors (Lipinski definition) is 1. The Labute approximate surface area is 132 Å². The topological polar surface area (TPSA) is 90.8 Å². The lowest BCUT2D eigenvalue weighted by Gasteiger charge is -2.09. The number of benzene rings is 2. The zero-order valence-electron chi connectivity index (χ0n) is 11.8. The smallest absolute Gasteiger partial charge is 0.275 e. The SMILES string of the molecule is Cc1ccccc1Oc1cc(N=C(N)CCl)cc([N+](=O)[O-])c1. The summed E-state index contributed by atoms with van der Waals surface area (Å²) < 4.78 is 5.71. The third kappa shape index (κ3) is 3.95. The lowest BCUT2D eigenvalue weighted by molar-refractivity contribution is -0.384. The summed E-state index contributed by atoms with van der Waals surface area (Å²) in [5.74, 6) is 1.13. The molecule has 0 aliphatic rings. The minimum atomic E-state index is -0.513. The number of aliphatic imine (C=N–C) groups is 1.